The van der Waals surface area contributed by atoms with E-state index in [1.165, 1.54) is 56.9 Å². The van der Waals surface area contributed by atoms with Gasteiger partial charge in [-0.1, -0.05) is 52.2 Å². The third kappa shape index (κ3) is 3.12. The van der Waals surface area contributed by atoms with E-state index in [9.17, 15) is 5.11 Å². The fourth-order valence-corrected chi connectivity index (χ4v) is 7.50. The summed E-state index contributed by atoms with van der Waals surface area (Å²) in [4.78, 5) is 0. The Kier molecular flexibility index (Phi) is 5.44. The molecule has 3 aliphatic rings. The van der Waals surface area contributed by atoms with Crippen molar-refractivity contribution < 1.29 is 5.11 Å². The molecule has 5 unspecified atom stereocenters. The molecule has 0 aromatic rings. The fourth-order valence-electron chi connectivity index (χ4n) is 7.50. The fraction of sp³-hybridized carbons (Fsp3) is 0.913. The van der Waals surface area contributed by atoms with Crippen molar-refractivity contribution in [3.05, 3.63) is 11.6 Å². The lowest BCUT2D eigenvalue weighted by Crippen LogP contribution is -2.60. The van der Waals surface area contributed by atoms with Crippen molar-refractivity contribution >= 4 is 0 Å². The molecule has 5 atom stereocenters. The molecule has 0 aromatic carbocycles. The van der Waals surface area contributed by atoms with Crippen LogP contribution in [0.5, 0.6) is 0 Å². The third-order valence-corrected chi connectivity index (χ3v) is 8.48. The van der Waals surface area contributed by atoms with Gasteiger partial charge in [0.25, 0.3) is 0 Å². The zero-order chi connectivity index (χ0) is 18.3. The van der Waals surface area contributed by atoms with E-state index in [1.54, 1.807) is 0 Å². The summed E-state index contributed by atoms with van der Waals surface area (Å²) in [6, 6.07) is 0. The molecule has 2 heteroatoms. The highest BCUT2D eigenvalue weighted by atomic mass is 16.3. The van der Waals surface area contributed by atoms with Crippen LogP contribution in [-0.4, -0.2) is 24.8 Å². The predicted octanol–water partition coefficient (Wildman–Crippen LogP) is 5.32. The molecule has 144 valence electrons. The van der Waals surface area contributed by atoms with Gasteiger partial charge < -0.3 is 10.4 Å². The lowest BCUT2D eigenvalue weighted by atomic mass is 9.42. The van der Waals surface area contributed by atoms with Gasteiger partial charge in [0, 0.05) is 12.0 Å². The SMILES string of the molecule is CCCC1=CC(O)C2(CNC)CCC3C(C)(C)CCCC3(C)C2CC1. The van der Waals surface area contributed by atoms with Crippen molar-refractivity contribution in [2.24, 2.45) is 28.1 Å². The highest BCUT2D eigenvalue weighted by molar-refractivity contribution is 5.19. The molecule has 3 aliphatic carbocycles. The quantitative estimate of drug-likeness (QED) is 0.675. The Hall–Kier alpha value is -0.340. The van der Waals surface area contributed by atoms with Crippen LogP contribution >= 0.6 is 0 Å². The number of hydrogen-bond acceptors (Lipinski definition) is 2. The first-order valence-electron chi connectivity index (χ1n) is 10.8. The van der Waals surface area contributed by atoms with Gasteiger partial charge in [0.15, 0.2) is 0 Å². The van der Waals surface area contributed by atoms with Crippen molar-refractivity contribution in [1.29, 1.82) is 0 Å². The van der Waals surface area contributed by atoms with Crippen LogP contribution in [-0.2, 0) is 0 Å². The van der Waals surface area contributed by atoms with Crippen LogP contribution in [0.25, 0.3) is 0 Å². The summed E-state index contributed by atoms with van der Waals surface area (Å²) in [5.41, 5.74) is 2.38. The highest BCUT2D eigenvalue weighted by Crippen LogP contribution is 2.66. The van der Waals surface area contributed by atoms with E-state index in [2.05, 4.69) is 46.1 Å². The number of allylic oxidation sites excluding steroid dienone is 1. The van der Waals surface area contributed by atoms with Gasteiger partial charge in [0.2, 0.25) is 0 Å². The van der Waals surface area contributed by atoms with Gasteiger partial charge in [-0.3, -0.25) is 0 Å². The monoisotopic (exact) mass is 347 g/mol. The minimum atomic E-state index is -0.281. The lowest BCUT2D eigenvalue weighted by Gasteiger charge is -2.64. The summed E-state index contributed by atoms with van der Waals surface area (Å²) in [5, 5.41) is 14.9. The smallest absolute Gasteiger partial charge is 0.0794 e. The molecule has 0 heterocycles. The Bertz CT molecular complexity index is 510. The van der Waals surface area contributed by atoms with Crippen molar-refractivity contribution in [3.8, 4) is 0 Å². The molecular formula is C23H41NO. The van der Waals surface area contributed by atoms with E-state index >= 15 is 0 Å². The predicted molar refractivity (Wildman–Crippen MR) is 107 cm³/mol. The second kappa shape index (κ2) is 7.00. The van der Waals surface area contributed by atoms with Crippen molar-refractivity contribution in [1.82, 2.24) is 5.32 Å². The number of aliphatic hydroxyl groups excluding tert-OH is 1. The number of rotatable bonds is 4. The maximum Gasteiger partial charge on any atom is 0.0794 e. The van der Waals surface area contributed by atoms with Gasteiger partial charge in [0.1, 0.15) is 0 Å². The molecule has 0 bridgehead atoms. The van der Waals surface area contributed by atoms with Gasteiger partial charge in [-0.25, -0.2) is 0 Å². The van der Waals surface area contributed by atoms with Crippen LogP contribution in [0, 0.1) is 28.1 Å². The molecule has 0 aliphatic heterocycles. The van der Waals surface area contributed by atoms with Crippen LogP contribution in [0.1, 0.15) is 85.5 Å². The van der Waals surface area contributed by atoms with E-state index in [0.29, 0.717) is 16.7 Å². The largest absolute Gasteiger partial charge is 0.388 e. The minimum absolute atomic E-state index is 0.0307. The number of fused-ring (bicyclic) bond motifs is 3. The molecule has 0 saturated heterocycles. The number of nitrogens with one attached hydrogen (secondary N) is 1. The van der Waals surface area contributed by atoms with E-state index in [4.69, 9.17) is 0 Å². The Balaban J connectivity index is 2.01. The standard InChI is InChI=1S/C23H41NO/c1-6-8-17-9-10-19-22(4)13-7-12-21(2,3)18(22)11-14-23(19,16-24-5)20(25)15-17/h15,18-20,24-25H,6-14,16H2,1-5H3. The van der Waals surface area contributed by atoms with Crippen LogP contribution < -0.4 is 5.32 Å². The molecule has 3 rings (SSSR count). The van der Waals surface area contributed by atoms with Gasteiger partial charge >= 0.3 is 0 Å². The summed E-state index contributed by atoms with van der Waals surface area (Å²) in [6.45, 7) is 10.8. The van der Waals surface area contributed by atoms with Crippen LogP contribution in [0.4, 0.5) is 0 Å². The highest BCUT2D eigenvalue weighted by Gasteiger charge is 2.61. The maximum absolute atomic E-state index is 11.4. The molecule has 0 spiro atoms. The first kappa shape index (κ1) is 19.4. The topological polar surface area (TPSA) is 32.3 Å². The summed E-state index contributed by atoms with van der Waals surface area (Å²) >= 11 is 0. The van der Waals surface area contributed by atoms with Gasteiger partial charge in [-0.2, -0.15) is 0 Å². The average Bonchev–Trinajstić information content (AvgIpc) is 2.66. The van der Waals surface area contributed by atoms with Crippen LogP contribution in [0.2, 0.25) is 0 Å². The Morgan fingerprint density at radius 3 is 2.56 bits per heavy atom. The summed E-state index contributed by atoms with van der Waals surface area (Å²) in [6.07, 6.45) is 13.4. The molecule has 0 amide bonds. The van der Waals surface area contributed by atoms with Gasteiger partial charge in [-0.05, 0) is 74.7 Å². The van der Waals surface area contributed by atoms with Crippen molar-refractivity contribution in [3.63, 3.8) is 0 Å². The summed E-state index contributed by atoms with van der Waals surface area (Å²) in [5.74, 6) is 1.44. The zero-order valence-corrected chi connectivity index (χ0v) is 17.3. The second-order valence-corrected chi connectivity index (χ2v) is 10.3. The minimum Gasteiger partial charge on any atom is -0.388 e. The molecule has 2 fully saturated rings. The second-order valence-electron chi connectivity index (χ2n) is 10.3. The average molecular weight is 348 g/mol. The zero-order valence-electron chi connectivity index (χ0n) is 17.3. The first-order chi connectivity index (χ1) is 11.8. The van der Waals surface area contributed by atoms with Crippen LogP contribution in [0.15, 0.2) is 11.6 Å². The molecule has 2 saturated carbocycles. The Morgan fingerprint density at radius 1 is 1.12 bits per heavy atom. The van der Waals surface area contributed by atoms with Gasteiger partial charge in [0.05, 0.1) is 6.10 Å². The molecule has 0 radical (unpaired) electrons. The molecule has 2 nitrogen and oxygen atoms in total. The van der Waals surface area contributed by atoms with Crippen molar-refractivity contribution in [2.45, 2.75) is 91.6 Å². The molecule has 2 N–H and O–H groups in total. The first-order valence-corrected chi connectivity index (χ1v) is 10.8. The van der Waals surface area contributed by atoms with E-state index in [-0.39, 0.29) is 11.5 Å². The van der Waals surface area contributed by atoms with E-state index < -0.39 is 0 Å². The summed E-state index contributed by atoms with van der Waals surface area (Å²) in [7, 11) is 2.07. The summed E-state index contributed by atoms with van der Waals surface area (Å²) < 4.78 is 0. The number of aliphatic hydroxyl groups is 1. The third-order valence-electron chi connectivity index (χ3n) is 8.48. The molecule has 0 aromatic heterocycles. The number of hydrogen-bond donors (Lipinski definition) is 2. The molecular weight excluding hydrogens is 306 g/mol. The normalized spacial score (nSPS) is 43.6. The van der Waals surface area contributed by atoms with Crippen molar-refractivity contribution in [2.75, 3.05) is 13.6 Å². The Labute approximate surface area is 155 Å². The van der Waals surface area contributed by atoms with E-state index in [0.717, 1.165) is 18.9 Å². The van der Waals surface area contributed by atoms with E-state index in [1.807, 2.05) is 0 Å². The molecule has 25 heavy (non-hydrogen) atoms. The van der Waals surface area contributed by atoms with Crippen LogP contribution in [0.3, 0.4) is 0 Å². The lowest BCUT2D eigenvalue weighted by molar-refractivity contribution is -0.160. The van der Waals surface area contributed by atoms with Gasteiger partial charge in [-0.15, -0.1) is 0 Å². The Morgan fingerprint density at radius 2 is 1.88 bits per heavy atom. The maximum atomic E-state index is 11.4.